The summed E-state index contributed by atoms with van der Waals surface area (Å²) in [5.41, 5.74) is 3.65. The maximum atomic E-state index is 11.7. The number of aromatic amines is 1. The van der Waals surface area contributed by atoms with Crippen LogP contribution >= 0.6 is 0 Å². The Morgan fingerprint density at radius 3 is 2.44 bits per heavy atom. The second-order valence-corrected chi connectivity index (χ2v) is 5.81. The molecule has 1 aromatic heterocycles. The number of carbonyl (C=O) groups is 2. The van der Waals surface area contributed by atoms with Crippen LogP contribution in [-0.2, 0) is 22.4 Å². The summed E-state index contributed by atoms with van der Waals surface area (Å²) in [6.07, 6.45) is 4.31. The molecule has 0 aliphatic rings. The van der Waals surface area contributed by atoms with Crippen LogP contribution < -0.4 is 0 Å². The number of aromatic carboxylic acids is 1. The number of aromatic nitrogens is 1. The minimum atomic E-state index is -0.943. The monoisotopic (exact) mass is 365 g/mol. The van der Waals surface area contributed by atoms with Crippen molar-refractivity contribution in [1.82, 2.24) is 4.98 Å². The van der Waals surface area contributed by atoms with Crippen LogP contribution in [0.4, 0.5) is 0 Å². The van der Waals surface area contributed by atoms with Gasteiger partial charge in [-0.15, -0.1) is 0 Å². The van der Waals surface area contributed by atoms with Gasteiger partial charge in [0.25, 0.3) is 0 Å². The fourth-order valence-electron chi connectivity index (χ4n) is 2.88. The zero-order chi connectivity index (χ0) is 17.0. The van der Waals surface area contributed by atoms with Crippen molar-refractivity contribution in [2.24, 2.45) is 0 Å². The molecule has 0 atom stereocenters. The van der Waals surface area contributed by atoms with Crippen LogP contribution in [0, 0.1) is 6.92 Å². The first-order chi connectivity index (χ1) is 11.0. The minimum absolute atomic E-state index is 0. The number of benzene rings is 1. The molecule has 0 radical (unpaired) electrons. The fraction of sp³-hybridized carbons (Fsp3) is 0.444. The molecule has 1 aromatic carbocycles. The SMILES string of the molecule is CCCCCc1[nH]c2cc(C(=O)O)c(C)cc2c1CC(=O)OC.[NaH].[NaH]. The van der Waals surface area contributed by atoms with Gasteiger partial charge >= 0.3 is 71.1 Å². The molecule has 0 unspecified atom stereocenters. The number of carbonyl (C=O) groups excluding carboxylic acids is 1. The molecule has 0 saturated heterocycles. The van der Waals surface area contributed by atoms with E-state index in [0.29, 0.717) is 5.56 Å². The zero-order valence-corrected chi connectivity index (χ0v) is 13.9. The van der Waals surface area contributed by atoms with Crippen molar-refractivity contribution in [3.05, 3.63) is 34.5 Å². The van der Waals surface area contributed by atoms with Crippen LogP contribution in [0.3, 0.4) is 0 Å². The first-order valence-corrected chi connectivity index (χ1v) is 7.92. The van der Waals surface area contributed by atoms with Gasteiger partial charge in [-0.05, 0) is 43.0 Å². The molecule has 1 heterocycles. The summed E-state index contributed by atoms with van der Waals surface area (Å²) in [6, 6.07) is 3.49. The van der Waals surface area contributed by atoms with Crippen LogP contribution in [0.15, 0.2) is 12.1 Å². The number of fused-ring (bicyclic) bond motifs is 1. The van der Waals surface area contributed by atoms with Gasteiger partial charge in [-0.25, -0.2) is 4.79 Å². The Balaban J connectivity index is 0.00000288. The molecule has 0 bridgehead atoms. The molecule has 0 amide bonds. The molecule has 0 aliphatic heterocycles. The van der Waals surface area contributed by atoms with Gasteiger partial charge in [0, 0.05) is 16.6 Å². The summed E-state index contributed by atoms with van der Waals surface area (Å²) in [5, 5.41) is 10.2. The van der Waals surface area contributed by atoms with Gasteiger partial charge in [0.2, 0.25) is 0 Å². The van der Waals surface area contributed by atoms with E-state index in [1.807, 2.05) is 6.07 Å². The first-order valence-electron chi connectivity index (χ1n) is 7.92. The number of methoxy groups -OCH3 is 1. The average molecular weight is 365 g/mol. The summed E-state index contributed by atoms with van der Waals surface area (Å²) < 4.78 is 4.80. The number of rotatable bonds is 7. The Morgan fingerprint density at radius 1 is 1.20 bits per heavy atom. The van der Waals surface area contributed by atoms with E-state index in [2.05, 4.69) is 11.9 Å². The number of H-pyrrole nitrogens is 1. The van der Waals surface area contributed by atoms with Crippen LogP contribution in [0.2, 0.25) is 0 Å². The van der Waals surface area contributed by atoms with E-state index >= 15 is 0 Å². The first kappa shape index (κ1) is 24.7. The topological polar surface area (TPSA) is 79.4 Å². The molecular formula is C18H25NNa2O4. The maximum absolute atomic E-state index is 11.7. The fourth-order valence-corrected chi connectivity index (χ4v) is 2.88. The van der Waals surface area contributed by atoms with E-state index in [1.165, 1.54) is 7.11 Å². The van der Waals surface area contributed by atoms with E-state index < -0.39 is 5.97 Å². The molecule has 0 saturated carbocycles. The molecule has 5 nitrogen and oxygen atoms in total. The Kier molecular flexibility index (Phi) is 11.3. The average Bonchev–Trinajstić information content (AvgIpc) is 2.83. The van der Waals surface area contributed by atoms with Gasteiger partial charge in [0.1, 0.15) is 0 Å². The van der Waals surface area contributed by atoms with E-state index in [0.717, 1.165) is 47.8 Å². The van der Waals surface area contributed by atoms with Crippen LogP contribution in [0.1, 0.15) is 53.4 Å². The predicted octanol–water partition coefficient (Wildman–Crippen LogP) is 2.33. The van der Waals surface area contributed by atoms with Gasteiger partial charge in [-0.3, -0.25) is 4.79 Å². The molecule has 7 heteroatoms. The second kappa shape index (κ2) is 11.4. The molecule has 0 spiro atoms. The number of carboxylic acids is 1. The van der Waals surface area contributed by atoms with Gasteiger partial charge in [-0.1, -0.05) is 19.8 Å². The summed E-state index contributed by atoms with van der Waals surface area (Å²) in [4.78, 5) is 26.3. The third-order valence-corrected chi connectivity index (χ3v) is 4.15. The number of aryl methyl sites for hydroxylation is 2. The molecule has 2 aromatic rings. The molecule has 0 fully saturated rings. The summed E-state index contributed by atoms with van der Waals surface area (Å²) in [7, 11) is 1.38. The number of hydrogen-bond acceptors (Lipinski definition) is 3. The number of hydrogen-bond donors (Lipinski definition) is 2. The number of carboxylic acid groups (broad SMARTS) is 1. The van der Waals surface area contributed by atoms with Crippen LogP contribution in [0.25, 0.3) is 10.9 Å². The van der Waals surface area contributed by atoms with Crippen molar-refractivity contribution in [2.75, 3.05) is 7.11 Å². The van der Waals surface area contributed by atoms with Crippen molar-refractivity contribution in [2.45, 2.75) is 46.0 Å². The predicted molar refractivity (Wildman–Crippen MR) is 103 cm³/mol. The molecule has 0 aliphatic carbocycles. The Bertz CT molecular complexity index is 740. The van der Waals surface area contributed by atoms with Crippen molar-refractivity contribution >= 4 is 82.0 Å². The molecule has 25 heavy (non-hydrogen) atoms. The number of nitrogens with one attached hydrogen (secondary N) is 1. The third kappa shape index (κ3) is 6.12. The van der Waals surface area contributed by atoms with Crippen molar-refractivity contribution < 1.29 is 19.4 Å². The van der Waals surface area contributed by atoms with Crippen molar-refractivity contribution in [3.8, 4) is 0 Å². The van der Waals surface area contributed by atoms with E-state index in [4.69, 9.17) is 4.74 Å². The van der Waals surface area contributed by atoms with Crippen LogP contribution in [0.5, 0.6) is 0 Å². The standard InChI is InChI=1S/C18H23NO4.2Na.2H/c1-4-5-6-7-15-14(10-17(20)23-3)13-8-11(2)12(18(21)22)9-16(13)19-15;;;;/h8-9,19H,4-7,10H2,1-3H3,(H,21,22);;;;. The molecule has 2 N–H and O–H groups in total. The Labute approximate surface area is 192 Å². The summed E-state index contributed by atoms with van der Waals surface area (Å²) in [5.74, 6) is -1.23. The summed E-state index contributed by atoms with van der Waals surface area (Å²) in [6.45, 7) is 3.91. The van der Waals surface area contributed by atoms with Gasteiger partial charge in [0.15, 0.2) is 0 Å². The van der Waals surface area contributed by atoms with Crippen molar-refractivity contribution in [3.63, 3.8) is 0 Å². The molecular weight excluding hydrogens is 340 g/mol. The molecule has 128 valence electrons. The van der Waals surface area contributed by atoms with E-state index in [9.17, 15) is 14.7 Å². The number of esters is 1. The van der Waals surface area contributed by atoms with E-state index in [-0.39, 0.29) is 77.1 Å². The quantitative estimate of drug-likeness (QED) is 0.448. The number of ether oxygens (including phenoxy) is 1. The van der Waals surface area contributed by atoms with Crippen molar-refractivity contribution in [1.29, 1.82) is 0 Å². The normalized spacial score (nSPS) is 10.0. The molecule has 2 rings (SSSR count). The van der Waals surface area contributed by atoms with Gasteiger partial charge in [-0.2, -0.15) is 0 Å². The number of unbranched alkanes of at least 4 members (excludes halogenated alkanes) is 2. The second-order valence-electron chi connectivity index (χ2n) is 5.81. The summed E-state index contributed by atoms with van der Waals surface area (Å²) >= 11 is 0. The van der Waals surface area contributed by atoms with Gasteiger partial charge < -0.3 is 14.8 Å². The van der Waals surface area contributed by atoms with Crippen LogP contribution in [-0.4, -0.2) is 88.3 Å². The Morgan fingerprint density at radius 2 is 1.88 bits per heavy atom. The Hall–Kier alpha value is -0.300. The zero-order valence-electron chi connectivity index (χ0n) is 13.9. The third-order valence-electron chi connectivity index (χ3n) is 4.15. The van der Waals surface area contributed by atoms with Gasteiger partial charge in [0.05, 0.1) is 19.1 Å². The van der Waals surface area contributed by atoms with E-state index in [1.54, 1.807) is 13.0 Å².